The second kappa shape index (κ2) is 5.58. The normalized spacial score (nSPS) is 22.3. The minimum atomic E-state index is -0.429. The standard InChI is InChI=1S/C16H23F2N/c1-4-8-19-15(12-10-16(12,2)3)9-11-13(17)6-5-7-14(11)18/h5-7,12,15,19H,4,8-10H2,1-3H3. The van der Waals surface area contributed by atoms with Gasteiger partial charge in [-0.05, 0) is 49.3 Å². The lowest BCUT2D eigenvalue weighted by Gasteiger charge is -2.21. The molecule has 0 aliphatic heterocycles. The summed E-state index contributed by atoms with van der Waals surface area (Å²) in [5, 5.41) is 3.46. The van der Waals surface area contributed by atoms with E-state index in [9.17, 15) is 8.78 Å². The van der Waals surface area contributed by atoms with Crippen LogP contribution >= 0.6 is 0 Å². The van der Waals surface area contributed by atoms with Crippen LogP contribution in [0.1, 0.15) is 39.2 Å². The molecule has 0 bridgehead atoms. The van der Waals surface area contributed by atoms with E-state index in [1.807, 2.05) is 0 Å². The van der Waals surface area contributed by atoms with E-state index < -0.39 is 11.6 Å². The predicted molar refractivity (Wildman–Crippen MR) is 74.0 cm³/mol. The van der Waals surface area contributed by atoms with E-state index >= 15 is 0 Å². The second-order valence-electron chi connectivity index (χ2n) is 6.26. The van der Waals surface area contributed by atoms with E-state index in [0.717, 1.165) is 19.4 Å². The van der Waals surface area contributed by atoms with Crippen molar-refractivity contribution in [1.29, 1.82) is 0 Å². The molecule has 2 rings (SSSR count). The molecule has 2 atom stereocenters. The first kappa shape index (κ1) is 14.4. The first-order valence-corrected chi connectivity index (χ1v) is 7.12. The van der Waals surface area contributed by atoms with Gasteiger partial charge in [0.05, 0.1) is 0 Å². The third-order valence-electron chi connectivity index (χ3n) is 4.22. The molecule has 1 N–H and O–H groups in total. The zero-order valence-corrected chi connectivity index (χ0v) is 12.0. The quantitative estimate of drug-likeness (QED) is 0.823. The molecule has 19 heavy (non-hydrogen) atoms. The summed E-state index contributed by atoms with van der Waals surface area (Å²) in [6.45, 7) is 7.44. The van der Waals surface area contributed by atoms with Crippen LogP contribution in [-0.4, -0.2) is 12.6 Å². The molecule has 0 spiro atoms. The van der Waals surface area contributed by atoms with Gasteiger partial charge in [0.2, 0.25) is 0 Å². The molecule has 1 aromatic carbocycles. The van der Waals surface area contributed by atoms with Gasteiger partial charge in [0.25, 0.3) is 0 Å². The number of halogens is 2. The molecule has 1 saturated carbocycles. The average molecular weight is 267 g/mol. The van der Waals surface area contributed by atoms with E-state index in [1.165, 1.54) is 18.2 Å². The van der Waals surface area contributed by atoms with Crippen molar-refractivity contribution in [3.63, 3.8) is 0 Å². The van der Waals surface area contributed by atoms with Gasteiger partial charge in [-0.3, -0.25) is 0 Å². The first-order valence-electron chi connectivity index (χ1n) is 7.12. The zero-order valence-electron chi connectivity index (χ0n) is 12.0. The molecule has 106 valence electrons. The van der Waals surface area contributed by atoms with Gasteiger partial charge in [-0.15, -0.1) is 0 Å². The number of hydrogen-bond acceptors (Lipinski definition) is 1. The smallest absolute Gasteiger partial charge is 0.129 e. The van der Waals surface area contributed by atoms with Crippen LogP contribution in [0, 0.1) is 23.0 Å². The highest BCUT2D eigenvalue weighted by Gasteiger charge is 2.49. The maximum atomic E-state index is 13.7. The Hall–Kier alpha value is -0.960. The van der Waals surface area contributed by atoms with Gasteiger partial charge in [0, 0.05) is 11.6 Å². The molecule has 1 aromatic rings. The Morgan fingerprint density at radius 2 is 1.89 bits per heavy atom. The third kappa shape index (κ3) is 3.33. The fourth-order valence-corrected chi connectivity index (χ4v) is 2.83. The lowest BCUT2D eigenvalue weighted by molar-refractivity contribution is 0.392. The Morgan fingerprint density at radius 3 is 2.37 bits per heavy atom. The summed E-state index contributed by atoms with van der Waals surface area (Å²) in [7, 11) is 0. The van der Waals surface area contributed by atoms with Gasteiger partial charge in [-0.1, -0.05) is 26.8 Å². The Kier molecular flexibility index (Phi) is 4.24. The fourth-order valence-electron chi connectivity index (χ4n) is 2.83. The highest BCUT2D eigenvalue weighted by atomic mass is 19.1. The average Bonchev–Trinajstić information content (AvgIpc) is 2.97. The van der Waals surface area contributed by atoms with Crippen molar-refractivity contribution < 1.29 is 8.78 Å². The molecule has 0 amide bonds. The van der Waals surface area contributed by atoms with Crippen LogP contribution in [-0.2, 0) is 6.42 Å². The van der Waals surface area contributed by atoms with E-state index in [0.29, 0.717) is 17.8 Å². The van der Waals surface area contributed by atoms with Crippen molar-refractivity contribution in [3.8, 4) is 0 Å². The zero-order chi connectivity index (χ0) is 14.0. The third-order valence-corrected chi connectivity index (χ3v) is 4.22. The molecule has 1 aliphatic rings. The van der Waals surface area contributed by atoms with Gasteiger partial charge >= 0.3 is 0 Å². The molecule has 0 aromatic heterocycles. The highest BCUT2D eigenvalue weighted by molar-refractivity contribution is 5.22. The number of nitrogens with one attached hydrogen (secondary N) is 1. The summed E-state index contributed by atoms with van der Waals surface area (Å²) >= 11 is 0. The SMILES string of the molecule is CCCNC(Cc1c(F)cccc1F)C1CC1(C)C. The summed E-state index contributed by atoms with van der Waals surface area (Å²) in [5.41, 5.74) is 0.520. The van der Waals surface area contributed by atoms with Crippen molar-refractivity contribution in [1.82, 2.24) is 5.32 Å². The summed E-state index contributed by atoms with van der Waals surface area (Å²) in [6, 6.07) is 4.27. The van der Waals surface area contributed by atoms with Crippen LogP contribution in [0.4, 0.5) is 8.78 Å². The molecule has 0 heterocycles. The first-order chi connectivity index (χ1) is 8.95. The van der Waals surface area contributed by atoms with Crippen LogP contribution in [0.5, 0.6) is 0 Å². The Balaban J connectivity index is 2.12. The van der Waals surface area contributed by atoms with Crippen LogP contribution in [0.25, 0.3) is 0 Å². The van der Waals surface area contributed by atoms with Crippen LogP contribution in [0.2, 0.25) is 0 Å². The topological polar surface area (TPSA) is 12.0 Å². The molecule has 3 heteroatoms. The van der Waals surface area contributed by atoms with Crippen molar-refractivity contribution in [3.05, 3.63) is 35.4 Å². The minimum Gasteiger partial charge on any atom is -0.313 e. The number of hydrogen-bond donors (Lipinski definition) is 1. The van der Waals surface area contributed by atoms with E-state index in [4.69, 9.17) is 0 Å². The monoisotopic (exact) mass is 267 g/mol. The Labute approximate surface area is 114 Å². The van der Waals surface area contributed by atoms with Crippen molar-refractivity contribution >= 4 is 0 Å². The van der Waals surface area contributed by atoms with Crippen molar-refractivity contribution in [2.24, 2.45) is 11.3 Å². The van der Waals surface area contributed by atoms with Gasteiger partial charge in [0.15, 0.2) is 0 Å². The molecule has 1 nitrogen and oxygen atoms in total. The van der Waals surface area contributed by atoms with E-state index in [1.54, 1.807) is 0 Å². The van der Waals surface area contributed by atoms with E-state index in [2.05, 4.69) is 26.1 Å². The van der Waals surface area contributed by atoms with E-state index in [-0.39, 0.29) is 11.6 Å². The maximum absolute atomic E-state index is 13.7. The summed E-state index contributed by atoms with van der Waals surface area (Å²) in [4.78, 5) is 0. The fraction of sp³-hybridized carbons (Fsp3) is 0.625. The van der Waals surface area contributed by atoms with Gasteiger partial charge < -0.3 is 5.32 Å². The Bertz CT molecular complexity index is 422. The highest BCUT2D eigenvalue weighted by Crippen LogP contribution is 2.54. The summed E-state index contributed by atoms with van der Waals surface area (Å²) in [6.07, 6.45) is 2.60. The van der Waals surface area contributed by atoms with Crippen molar-refractivity contribution in [2.45, 2.75) is 46.1 Å². The molecule has 1 aliphatic carbocycles. The predicted octanol–water partition coefficient (Wildman–Crippen LogP) is 3.92. The summed E-state index contributed by atoms with van der Waals surface area (Å²) < 4.78 is 27.5. The molecule has 0 radical (unpaired) electrons. The second-order valence-corrected chi connectivity index (χ2v) is 6.26. The minimum absolute atomic E-state index is 0.168. The van der Waals surface area contributed by atoms with Crippen LogP contribution < -0.4 is 5.32 Å². The Morgan fingerprint density at radius 1 is 1.32 bits per heavy atom. The molecule has 2 unspecified atom stereocenters. The molecule has 0 saturated heterocycles. The van der Waals surface area contributed by atoms with Crippen LogP contribution in [0.15, 0.2) is 18.2 Å². The van der Waals surface area contributed by atoms with Gasteiger partial charge in [-0.25, -0.2) is 8.78 Å². The lowest BCUT2D eigenvalue weighted by Crippen LogP contribution is -2.35. The number of benzene rings is 1. The van der Waals surface area contributed by atoms with Crippen molar-refractivity contribution in [2.75, 3.05) is 6.54 Å². The van der Waals surface area contributed by atoms with Gasteiger partial charge in [-0.2, -0.15) is 0 Å². The number of rotatable bonds is 6. The lowest BCUT2D eigenvalue weighted by atomic mass is 9.96. The van der Waals surface area contributed by atoms with Crippen LogP contribution in [0.3, 0.4) is 0 Å². The molecular weight excluding hydrogens is 244 g/mol. The largest absolute Gasteiger partial charge is 0.313 e. The maximum Gasteiger partial charge on any atom is 0.129 e. The molecule has 1 fully saturated rings. The molecular formula is C16H23F2N. The summed E-state index contributed by atoms with van der Waals surface area (Å²) in [5.74, 6) is -0.346. The van der Waals surface area contributed by atoms with Gasteiger partial charge in [0.1, 0.15) is 11.6 Å².